The van der Waals surface area contributed by atoms with E-state index >= 15 is 0 Å². The van der Waals surface area contributed by atoms with Crippen LogP contribution >= 0.6 is 0 Å². The second kappa shape index (κ2) is 54.4. The number of nitrogens with one attached hydrogen (secondary N) is 1. The zero-order valence-corrected chi connectivity index (χ0v) is 43.2. The van der Waals surface area contributed by atoms with Crippen LogP contribution in [0.25, 0.3) is 0 Å². The summed E-state index contributed by atoms with van der Waals surface area (Å²) in [6, 6.07) is -0.650. The highest BCUT2D eigenvalue weighted by Gasteiger charge is 2.18. The number of hydrogen-bond acceptors (Lipinski definition) is 5. The van der Waals surface area contributed by atoms with E-state index < -0.39 is 12.1 Å². The first kappa shape index (κ1) is 62.8. The minimum absolute atomic E-state index is 0.0278. The number of carbonyl (C=O) groups excluding carboxylic acids is 2. The van der Waals surface area contributed by atoms with E-state index in [9.17, 15) is 19.8 Å². The van der Waals surface area contributed by atoms with Crippen LogP contribution in [-0.2, 0) is 14.3 Å². The Balaban J connectivity index is 3.55. The van der Waals surface area contributed by atoms with E-state index in [0.717, 1.165) is 83.5 Å². The van der Waals surface area contributed by atoms with Gasteiger partial charge in [0.2, 0.25) is 5.91 Å². The summed E-state index contributed by atoms with van der Waals surface area (Å²) in [5.41, 5.74) is 0. The van der Waals surface area contributed by atoms with Crippen LogP contribution < -0.4 is 5.32 Å². The average molecular weight is 913 g/mol. The summed E-state index contributed by atoms with van der Waals surface area (Å²) in [7, 11) is 0. The van der Waals surface area contributed by atoms with Gasteiger partial charge in [-0.15, -0.1) is 0 Å². The third kappa shape index (κ3) is 51.1. The summed E-state index contributed by atoms with van der Waals surface area (Å²) in [4.78, 5) is 24.5. The van der Waals surface area contributed by atoms with Gasteiger partial charge in [-0.2, -0.15) is 0 Å². The smallest absolute Gasteiger partial charge is 0.305 e. The molecule has 1 amide bonds. The van der Waals surface area contributed by atoms with Crippen LogP contribution in [0, 0.1) is 0 Å². The van der Waals surface area contributed by atoms with Crippen molar-refractivity contribution in [3.8, 4) is 0 Å². The molecule has 0 aliphatic heterocycles. The van der Waals surface area contributed by atoms with Gasteiger partial charge in [0, 0.05) is 12.8 Å². The molecule has 380 valence electrons. The van der Waals surface area contributed by atoms with E-state index in [1.54, 1.807) is 6.08 Å². The minimum Gasteiger partial charge on any atom is -0.466 e. The van der Waals surface area contributed by atoms with Crippen molar-refractivity contribution in [1.29, 1.82) is 0 Å². The minimum atomic E-state index is -0.864. The van der Waals surface area contributed by atoms with Crippen molar-refractivity contribution < 1.29 is 24.5 Å². The number of aliphatic hydroxyl groups is 2. The van der Waals surface area contributed by atoms with Crippen LogP contribution in [0.2, 0.25) is 0 Å². The molecule has 0 aromatic heterocycles. The zero-order chi connectivity index (χ0) is 47.2. The molecule has 6 heteroatoms. The van der Waals surface area contributed by atoms with Gasteiger partial charge in [0.25, 0.3) is 0 Å². The van der Waals surface area contributed by atoms with Gasteiger partial charge >= 0.3 is 5.97 Å². The second-order valence-corrected chi connectivity index (χ2v) is 19.3. The van der Waals surface area contributed by atoms with Crippen molar-refractivity contribution in [2.45, 2.75) is 302 Å². The SMILES string of the molecule is CCCCCC/C=C\C/C=C\CCCCCCCC(=O)OCCCCCCCC/C=C\CCCCCC(=O)NC(CO)C(O)/C=C/CCCCCCCCCCCCCCCCCCC. The van der Waals surface area contributed by atoms with Crippen molar-refractivity contribution in [3.05, 3.63) is 48.6 Å². The highest BCUT2D eigenvalue weighted by molar-refractivity contribution is 5.76. The molecule has 0 aliphatic carbocycles. The van der Waals surface area contributed by atoms with Crippen LogP contribution in [0.4, 0.5) is 0 Å². The number of ether oxygens (including phenoxy) is 1. The maximum Gasteiger partial charge on any atom is 0.305 e. The molecule has 0 aliphatic rings. The first-order valence-corrected chi connectivity index (χ1v) is 28.4. The highest BCUT2D eigenvalue weighted by atomic mass is 16.5. The summed E-state index contributed by atoms with van der Waals surface area (Å²) in [5, 5.41) is 23.1. The van der Waals surface area contributed by atoms with E-state index in [-0.39, 0.29) is 18.5 Å². The van der Waals surface area contributed by atoms with Gasteiger partial charge in [0.05, 0.1) is 25.4 Å². The number of rotatable bonds is 52. The van der Waals surface area contributed by atoms with E-state index in [4.69, 9.17) is 4.74 Å². The Morgan fingerprint density at radius 1 is 0.431 bits per heavy atom. The summed E-state index contributed by atoms with van der Waals surface area (Å²) in [6.07, 6.45) is 68.4. The number of carbonyl (C=O) groups is 2. The Hall–Kier alpha value is -2.18. The van der Waals surface area contributed by atoms with Crippen molar-refractivity contribution in [1.82, 2.24) is 5.32 Å². The van der Waals surface area contributed by atoms with Gasteiger partial charge in [-0.05, 0) is 89.9 Å². The quantitative estimate of drug-likeness (QED) is 0.0321. The predicted octanol–water partition coefficient (Wildman–Crippen LogP) is 17.4. The van der Waals surface area contributed by atoms with Crippen molar-refractivity contribution in [2.75, 3.05) is 13.2 Å². The molecule has 0 heterocycles. The van der Waals surface area contributed by atoms with E-state index in [1.807, 2.05) is 6.08 Å². The molecule has 0 saturated heterocycles. The van der Waals surface area contributed by atoms with Gasteiger partial charge in [-0.3, -0.25) is 9.59 Å². The maximum absolute atomic E-state index is 12.5. The first-order valence-electron chi connectivity index (χ1n) is 28.4. The Kier molecular flexibility index (Phi) is 52.6. The number of aliphatic hydroxyl groups excluding tert-OH is 2. The van der Waals surface area contributed by atoms with Crippen LogP contribution in [0.5, 0.6) is 0 Å². The third-order valence-electron chi connectivity index (χ3n) is 12.8. The Bertz CT molecular complexity index is 1100. The lowest BCUT2D eigenvalue weighted by Crippen LogP contribution is -2.45. The van der Waals surface area contributed by atoms with Crippen LogP contribution in [0.15, 0.2) is 48.6 Å². The Morgan fingerprint density at radius 2 is 0.769 bits per heavy atom. The second-order valence-electron chi connectivity index (χ2n) is 19.3. The fourth-order valence-electron chi connectivity index (χ4n) is 8.42. The van der Waals surface area contributed by atoms with Crippen molar-refractivity contribution in [3.63, 3.8) is 0 Å². The molecule has 0 fully saturated rings. The average Bonchev–Trinajstić information content (AvgIpc) is 3.31. The Morgan fingerprint density at radius 3 is 1.22 bits per heavy atom. The summed E-state index contributed by atoms with van der Waals surface area (Å²) in [5.74, 6) is -0.126. The van der Waals surface area contributed by atoms with E-state index in [2.05, 4.69) is 55.6 Å². The topological polar surface area (TPSA) is 95.9 Å². The predicted molar refractivity (Wildman–Crippen MR) is 282 cm³/mol. The monoisotopic (exact) mass is 912 g/mol. The van der Waals surface area contributed by atoms with Crippen molar-refractivity contribution in [2.24, 2.45) is 0 Å². The zero-order valence-electron chi connectivity index (χ0n) is 43.2. The van der Waals surface area contributed by atoms with E-state index in [1.165, 1.54) is 180 Å². The lowest BCUT2D eigenvalue weighted by Gasteiger charge is -2.19. The molecule has 2 unspecified atom stereocenters. The molecular formula is C59H109NO5. The molecule has 0 radical (unpaired) electrons. The number of unbranched alkanes of at least 4 members (excludes halogenated alkanes) is 35. The van der Waals surface area contributed by atoms with Crippen molar-refractivity contribution >= 4 is 11.9 Å². The Labute approximate surface area is 404 Å². The van der Waals surface area contributed by atoms with Gasteiger partial charge in [-0.25, -0.2) is 0 Å². The largest absolute Gasteiger partial charge is 0.466 e. The van der Waals surface area contributed by atoms with Crippen LogP contribution in [-0.4, -0.2) is 47.4 Å². The number of allylic oxidation sites excluding steroid dienone is 7. The van der Waals surface area contributed by atoms with Gasteiger partial charge in [0.1, 0.15) is 0 Å². The molecule has 0 aromatic rings. The molecule has 0 bridgehead atoms. The lowest BCUT2D eigenvalue weighted by atomic mass is 10.0. The summed E-state index contributed by atoms with van der Waals surface area (Å²) >= 11 is 0. The fraction of sp³-hybridized carbons (Fsp3) is 0.831. The van der Waals surface area contributed by atoms with Crippen LogP contribution in [0.1, 0.15) is 290 Å². The molecule has 2 atom stereocenters. The molecule has 0 spiro atoms. The molecule has 65 heavy (non-hydrogen) atoms. The number of esters is 1. The highest BCUT2D eigenvalue weighted by Crippen LogP contribution is 2.16. The molecule has 6 nitrogen and oxygen atoms in total. The number of hydrogen-bond donors (Lipinski definition) is 3. The number of amides is 1. The molecule has 0 aromatic carbocycles. The van der Waals surface area contributed by atoms with Crippen LogP contribution in [0.3, 0.4) is 0 Å². The first-order chi connectivity index (χ1) is 32.0. The molecular weight excluding hydrogens is 803 g/mol. The third-order valence-corrected chi connectivity index (χ3v) is 12.8. The normalized spacial score (nSPS) is 13.0. The maximum atomic E-state index is 12.5. The molecule has 3 N–H and O–H groups in total. The van der Waals surface area contributed by atoms with Gasteiger partial charge in [0.15, 0.2) is 0 Å². The van der Waals surface area contributed by atoms with Gasteiger partial charge in [-0.1, -0.05) is 236 Å². The fourth-order valence-corrected chi connectivity index (χ4v) is 8.42. The standard InChI is InChI=1S/C59H109NO5/c1-3-5-7-9-11-13-15-17-19-21-22-23-24-27-31-35-39-43-47-51-57(62)56(55-61)60-58(63)52-48-44-40-36-32-28-26-30-34-38-42-46-50-54-65-59(64)53-49-45-41-37-33-29-25-20-18-16-14-12-10-8-6-4-2/h14,16,20,25,28,32,47,51,56-57,61-62H,3-13,15,17-19,21-24,26-27,29-31,33-46,48-50,52-55H2,1-2H3,(H,60,63)/b16-14-,25-20-,32-28-,51-47+. The molecule has 0 rings (SSSR count). The summed E-state index contributed by atoms with van der Waals surface area (Å²) < 4.78 is 5.46. The molecule has 0 saturated carbocycles. The lowest BCUT2D eigenvalue weighted by molar-refractivity contribution is -0.143. The van der Waals surface area contributed by atoms with Gasteiger partial charge < -0.3 is 20.3 Å². The van der Waals surface area contributed by atoms with E-state index in [0.29, 0.717) is 19.4 Å². The summed E-state index contributed by atoms with van der Waals surface area (Å²) in [6.45, 7) is 4.84.